The molecule has 1 aromatic carbocycles. The second-order valence-corrected chi connectivity index (χ2v) is 11.0. The lowest BCUT2D eigenvalue weighted by Crippen LogP contribution is -2.70. The van der Waals surface area contributed by atoms with Crippen molar-refractivity contribution in [1.29, 1.82) is 0 Å². The second-order valence-electron chi connectivity index (χ2n) is 9.04. The molecule has 2 fully saturated rings. The summed E-state index contributed by atoms with van der Waals surface area (Å²) in [5, 5.41) is 3.14. The molecule has 8 heteroatoms. The first-order valence-electron chi connectivity index (χ1n) is 10.7. The molecule has 0 aromatic heterocycles. The highest BCUT2D eigenvalue weighted by atomic mass is 32.2. The Balaban J connectivity index is 1.99. The molecular formula is C22H33N3O4S. The number of rotatable bonds is 4. The number of hydrogen-bond acceptors (Lipinski definition) is 4. The molecule has 0 radical (unpaired) electrons. The Labute approximate surface area is 179 Å². The molecule has 7 nitrogen and oxygen atoms in total. The zero-order chi connectivity index (χ0) is 22.1. The van der Waals surface area contributed by atoms with Gasteiger partial charge in [-0.1, -0.05) is 31.7 Å². The number of nitrogens with one attached hydrogen (secondary N) is 1. The van der Waals surface area contributed by atoms with Gasteiger partial charge in [0.1, 0.15) is 5.54 Å². The fourth-order valence-electron chi connectivity index (χ4n) is 4.65. The number of piperazine rings is 1. The first-order valence-corrected chi connectivity index (χ1v) is 12.5. The highest BCUT2D eigenvalue weighted by molar-refractivity contribution is 7.88. The molecule has 1 saturated carbocycles. The van der Waals surface area contributed by atoms with Crippen molar-refractivity contribution >= 4 is 27.5 Å². The molecule has 166 valence electrons. The van der Waals surface area contributed by atoms with Crippen molar-refractivity contribution in [2.24, 2.45) is 0 Å². The number of carbonyl (C=O) groups is 2. The molecule has 1 saturated heterocycles. The minimum atomic E-state index is -3.62. The average Bonchev–Trinajstić information content (AvgIpc) is 2.88. The number of carbonyl (C=O) groups excluding carboxylic acids is 2. The van der Waals surface area contributed by atoms with E-state index in [1.807, 2.05) is 32.0 Å². The van der Waals surface area contributed by atoms with Crippen LogP contribution in [-0.4, -0.2) is 55.5 Å². The van der Waals surface area contributed by atoms with Crippen molar-refractivity contribution in [2.45, 2.75) is 70.9 Å². The Morgan fingerprint density at radius 3 is 2.17 bits per heavy atom. The van der Waals surface area contributed by atoms with E-state index in [1.165, 1.54) is 17.7 Å². The maximum absolute atomic E-state index is 13.5. The van der Waals surface area contributed by atoms with Crippen LogP contribution < -0.4 is 10.2 Å². The van der Waals surface area contributed by atoms with Crippen LogP contribution in [0.3, 0.4) is 0 Å². The monoisotopic (exact) mass is 435 g/mol. The number of anilines is 1. The number of benzene rings is 1. The zero-order valence-electron chi connectivity index (χ0n) is 18.4. The second kappa shape index (κ2) is 8.67. The third-order valence-corrected chi connectivity index (χ3v) is 7.35. The Morgan fingerprint density at radius 2 is 1.63 bits per heavy atom. The van der Waals surface area contributed by atoms with Crippen LogP contribution in [0.4, 0.5) is 5.69 Å². The zero-order valence-corrected chi connectivity index (χ0v) is 19.2. The lowest BCUT2D eigenvalue weighted by atomic mass is 9.93. The predicted molar refractivity (Wildman–Crippen MR) is 118 cm³/mol. The van der Waals surface area contributed by atoms with Crippen molar-refractivity contribution in [3.63, 3.8) is 0 Å². The van der Waals surface area contributed by atoms with Crippen LogP contribution in [0.1, 0.15) is 56.6 Å². The van der Waals surface area contributed by atoms with Gasteiger partial charge in [-0.3, -0.25) is 14.5 Å². The largest absolute Gasteiger partial charge is 0.351 e. The van der Waals surface area contributed by atoms with Crippen molar-refractivity contribution in [1.82, 2.24) is 9.62 Å². The van der Waals surface area contributed by atoms with Crippen LogP contribution in [0, 0.1) is 13.8 Å². The number of amides is 2. The van der Waals surface area contributed by atoms with E-state index in [0.29, 0.717) is 5.69 Å². The molecule has 3 rings (SSSR count). The first-order chi connectivity index (χ1) is 14.0. The summed E-state index contributed by atoms with van der Waals surface area (Å²) in [7, 11) is -3.62. The standard InChI is InChI=1S/C22H33N3O4S/c1-16-11-17(2)13-19(12-16)25-20(26)14-24(30(4,28)29)15-22(25,3)21(27)23-18-9-7-5-6-8-10-18/h11-13,18H,5-10,14-15H2,1-4H3,(H,23,27)/t22-/m1/s1. The van der Waals surface area contributed by atoms with E-state index in [1.54, 1.807) is 6.92 Å². The number of nitrogens with zero attached hydrogens (tertiary/aromatic N) is 2. The molecule has 0 bridgehead atoms. The van der Waals surface area contributed by atoms with E-state index in [2.05, 4.69) is 5.32 Å². The van der Waals surface area contributed by atoms with Gasteiger partial charge in [-0.05, 0) is 56.9 Å². The van der Waals surface area contributed by atoms with Gasteiger partial charge in [0.2, 0.25) is 21.8 Å². The molecule has 1 aliphatic heterocycles. The summed E-state index contributed by atoms with van der Waals surface area (Å²) in [5.41, 5.74) is 1.26. The molecule has 1 heterocycles. The fourth-order valence-corrected chi connectivity index (χ4v) is 5.48. The van der Waals surface area contributed by atoms with E-state index in [4.69, 9.17) is 0 Å². The minimum Gasteiger partial charge on any atom is -0.351 e. The summed E-state index contributed by atoms with van der Waals surface area (Å²) in [5.74, 6) is -0.689. The predicted octanol–water partition coefficient (Wildman–Crippen LogP) is 2.51. The van der Waals surface area contributed by atoms with Crippen LogP contribution in [0.5, 0.6) is 0 Å². The van der Waals surface area contributed by atoms with Crippen molar-refractivity contribution < 1.29 is 18.0 Å². The van der Waals surface area contributed by atoms with Crippen LogP contribution in [-0.2, 0) is 19.6 Å². The summed E-state index contributed by atoms with van der Waals surface area (Å²) in [4.78, 5) is 28.2. The summed E-state index contributed by atoms with van der Waals surface area (Å²) < 4.78 is 25.6. The molecule has 1 aromatic rings. The Hall–Kier alpha value is -1.93. The molecule has 1 N–H and O–H groups in total. The van der Waals surface area contributed by atoms with Gasteiger partial charge in [-0.15, -0.1) is 0 Å². The van der Waals surface area contributed by atoms with Crippen molar-refractivity contribution in [3.05, 3.63) is 29.3 Å². The quantitative estimate of drug-likeness (QED) is 0.736. The van der Waals surface area contributed by atoms with E-state index in [9.17, 15) is 18.0 Å². The lowest BCUT2D eigenvalue weighted by Gasteiger charge is -2.47. The van der Waals surface area contributed by atoms with E-state index in [-0.39, 0.29) is 25.0 Å². The van der Waals surface area contributed by atoms with E-state index < -0.39 is 21.5 Å². The number of hydrogen-bond donors (Lipinski definition) is 1. The van der Waals surface area contributed by atoms with Crippen LogP contribution in [0.15, 0.2) is 18.2 Å². The molecule has 0 unspecified atom stereocenters. The molecule has 30 heavy (non-hydrogen) atoms. The van der Waals surface area contributed by atoms with Crippen LogP contribution >= 0.6 is 0 Å². The van der Waals surface area contributed by atoms with Gasteiger partial charge < -0.3 is 5.32 Å². The first kappa shape index (κ1) is 22.7. The van der Waals surface area contributed by atoms with Gasteiger partial charge in [-0.2, -0.15) is 4.31 Å². The van der Waals surface area contributed by atoms with Crippen LogP contribution in [0.25, 0.3) is 0 Å². The molecule has 2 amide bonds. The van der Waals surface area contributed by atoms with Gasteiger partial charge in [0.25, 0.3) is 0 Å². The molecule has 2 aliphatic rings. The Kier molecular flexibility index (Phi) is 6.57. The van der Waals surface area contributed by atoms with Gasteiger partial charge in [0.05, 0.1) is 12.8 Å². The lowest BCUT2D eigenvalue weighted by molar-refractivity contribution is -0.133. The molecular weight excluding hydrogens is 402 g/mol. The SMILES string of the molecule is Cc1cc(C)cc(N2C(=O)CN(S(C)(=O)=O)C[C@]2(C)C(=O)NC2CCCCCC2)c1. The van der Waals surface area contributed by atoms with E-state index >= 15 is 0 Å². The summed E-state index contributed by atoms with van der Waals surface area (Å²) >= 11 is 0. The van der Waals surface area contributed by atoms with Crippen molar-refractivity contribution in [2.75, 3.05) is 24.2 Å². The van der Waals surface area contributed by atoms with Gasteiger partial charge >= 0.3 is 0 Å². The third-order valence-electron chi connectivity index (χ3n) is 6.15. The third kappa shape index (κ3) is 4.86. The van der Waals surface area contributed by atoms with Gasteiger partial charge in [-0.25, -0.2) is 8.42 Å². The highest BCUT2D eigenvalue weighted by Crippen LogP contribution is 2.32. The van der Waals surface area contributed by atoms with E-state index in [0.717, 1.165) is 47.4 Å². The fraction of sp³-hybridized carbons (Fsp3) is 0.636. The average molecular weight is 436 g/mol. The summed E-state index contributed by atoms with van der Waals surface area (Å²) in [6.07, 6.45) is 7.37. The van der Waals surface area contributed by atoms with Gasteiger partial charge in [0, 0.05) is 18.3 Å². The smallest absolute Gasteiger partial charge is 0.247 e. The molecule has 1 aliphatic carbocycles. The summed E-state index contributed by atoms with van der Waals surface area (Å²) in [6, 6.07) is 5.81. The van der Waals surface area contributed by atoms with Gasteiger partial charge in [0.15, 0.2) is 0 Å². The van der Waals surface area contributed by atoms with Crippen molar-refractivity contribution in [3.8, 4) is 0 Å². The summed E-state index contributed by atoms with van der Waals surface area (Å²) in [6.45, 7) is 5.22. The highest BCUT2D eigenvalue weighted by Gasteiger charge is 2.50. The van der Waals surface area contributed by atoms with Crippen LogP contribution in [0.2, 0.25) is 0 Å². The Bertz CT molecular complexity index is 902. The maximum Gasteiger partial charge on any atom is 0.247 e. The number of sulfonamides is 1. The number of aryl methyl sites for hydroxylation is 2. The Morgan fingerprint density at radius 1 is 1.07 bits per heavy atom. The molecule has 1 atom stereocenters. The minimum absolute atomic E-state index is 0.0571. The normalized spacial score (nSPS) is 24.5. The topological polar surface area (TPSA) is 86.8 Å². The molecule has 0 spiro atoms. The maximum atomic E-state index is 13.5.